The van der Waals surface area contributed by atoms with Crippen molar-refractivity contribution in [2.75, 3.05) is 6.61 Å². The number of halogens is 1. The number of aryl methyl sites for hydroxylation is 1. The third kappa shape index (κ3) is 4.92. The van der Waals surface area contributed by atoms with Gasteiger partial charge in [0.2, 0.25) is 0 Å². The van der Waals surface area contributed by atoms with Crippen LogP contribution >= 0.6 is 27.3 Å². The average Bonchev–Trinajstić information content (AvgIpc) is 3.11. The maximum Gasteiger partial charge on any atom is 0.198 e. The van der Waals surface area contributed by atoms with Gasteiger partial charge in [0, 0.05) is 25.4 Å². The molecule has 0 aliphatic rings. The van der Waals surface area contributed by atoms with Gasteiger partial charge in [-0.15, -0.1) is 11.3 Å². The molecule has 0 saturated heterocycles. The van der Waals surface area contributed by atoms with E-state index in [0.717, 1.165) is 33.4 Å². The lowest BCUT2D eigenvalue weighted by atomic mass is 9.96. The van der Waals surface area contributed by atoms with E-state index < -0.39 is 0 Å². The maximum absolute atomic E-state index is 13.5. The molecule has 0 bridgehead atoms. The van der Waals surface area contributed by atoms with Crippen molar-refractivity contribution in [2.24, 2.45) is 11.8 Å². The van der Waals surface area contributed by atoms with E-state index in [-0.39, 0.29) is 5.78 Å². The van der Waals surface area contributed by atoms with Crippen LogP contribution in [0.25, 0.3) is 10.1 Å². The van der Waals surface area contributed by atoms with E-state index in [1.54, 1.807) is 11.3 Å². The summed E-state index contributed by atoms with van der Waals surface area (Å²) in [5.41, 5.74) is 1.48. The fraction of sp³-hybridized carbons (Fsp3) is 0.400. The Bertz CT molecular complexity index is 976. The lowest BCUT2D eigenvalue weighted by molar-refractivity contribution is 0.103. The Morgan fingerprint density at radius 3 is 2.48 bits per heavy atom. The minimum absolute atomic E-state index is 0.0588. The molecule has 2 aromatic carbocycles. The number of para-hydroxylation sites is 1. The van der Waals surface area contributed by atoms with Crippen molar-refractivity contribution >= 4 is 43.1 Å². The van der Waals surface area contributed by atoms with Crippen LogP contribution in [0.15, 0.2) is 48.5 Å². The molecular formula is C25H29BrO2S. The Morgan fingerprint density at radius 1 is 1.07 bits per heavy atom. The predicted molar refractivity (Wildman–Crippen MR) is 128 cm³/mol. The SMILES string of the molecule is CCc1sc2ccccc2c1C(=O)c1ccccc1OCCC(C)C(Br)C(C)C. The first-order chi connectivity index (χ1) is 13.9. The zero-order valence-electron chi connectivity index (χ0n) is 17.6. The quantitative estimate of drug-likeness (QED) is 0.237. The normalized spacial score (nSPS) is 13.6. The van der Waals surface area contributed by atoms with Gasteiger partial charge in [-0.05, 0) is 42.9 Å². The second kappa shape index (κ2) is 9.90. The second-order valence-corrected chi connectivity index (χ2v) is 10.1. The summed E-state index contributed by atoms with van der Waals surface area (Å²) in [6.07, 6.45) is 1.79. The first-order valence-corrected chi connectivity index (χ1v) is 12.1. The maximum atomic E-state index is 13.5. The summed E-state index contributed by atoms with van der Waals surface area (Å²) in [5, 5.41) is 1.04. The molecule has 0 aliphatic heterocycles. The van der Waals surface area contributed by atoms with E-state index in [4.69, 9.17) is 4.74 Å². The van der Waals surface area contributed by atoms with Crippen LogP contribution < -0.4 is 4.74 Å². The van der Waals surface area contributed by atoms with Gasteiger partial charge in [0.1, 0.15) is 5.75 Å². The largest absolute Gasteiger partial charge is 0.493 e. The molecule has 0 N–H and O–H groups in total. The zero-order chi connectivity index (χ0) is 21.0. The van der Waals surface area contributed by atoms with Crippen molar-refractivity contribution in [3.8, 4) is 5.75 Å². The van der Waals surface area contributed by atoms with Crippen molar-refractivity contribution in [3.05, 3.63) is 64.5 Å². The fourth-order valence-electron chi connectivity index (χ4n) is 3.68. The summed E-state index contributed by atoms with van der Waals surface area (Å²) < 4.78 is 7.27. The summed E-state index contributed by atoms with van der Waals surface area (Å²) in [4.78, 5) is 15.1. The first-order valence-electron chi connectivity index (χ1n) is 10.3. The molecule has 0 amide bonds. The zero-order valence-corrected chi connectivity index (χ0v) is 20.0. The van der Waals surface area contributed by atoms with Crippen LogP contribution in [0.3, 0.4) is 0 Å². The summed E-state index contributed by atoms with van der Waals surface area (Å²) in [6, 6.07) is 15.8. The average molecular weight is 473 g/mol. The van der Waals surface area contributed by atoms with Crippen LogP contribution in [0.5, 0.6) is 5.75 Å². The molecule has 2 nitrogen and oxygen atoms in total. The molecule has 0 saturated carbocycles. The molecule has 2 unspecified atom stereocenters. The van der Waals surface area contributed by atoms with Crippen LogP contribution in [0.4, 0.5) is 0 Å². The number of benzene rings is 2. The van der Waals surface area contributed by atoms with Crippen molar-refractivity contribution < 1.29 is 9.53 Å². The van der Waals surface area contributed by atoms with E-state index in [0.29, 0.717) is 34.6 Å². The van der Waals surface area contributed by atoms with Crippen LogP contribution in [0.2, 0.25) is 0 Å². The number of rotatable bonds is 9. The number of carbonyl (C=O) groups is 1. The van der Waals surface area contributed by atoms with Crippen LogP contribution in [0, 0.1) is 11.8 Å². The van der Waals surface area contributed by atoms with E-state index in [1.807, 2.05) is 42.5 Å². The third-order valence-corrected chi connectivity index (χ3v) is 8.63. The van der Waals surface area contributed by atoms with Crippen molar-refractivity contribution in [1.82, 2.24) is 0 Å². The van der Waals surface area contributed by atoms with E-state index in [9.17, 15) is 4.79 Å². The smallest absolute Gasteiger partial charge is 0.198 e. The second-order valence-electron chi connectivity index (χ2n) is 7.88. The van der Waals surface area contributed by atoms with Gasteiger partial charge in [-0.2, -0.15) is 0 Å². The summed E-state index contributed by atoms with van der Waals surface area (Å²) in [6.45, 7) is 9.40. The topological polar surface area (TPSA) is 26.3 Å². The van der Waals surface area contributed by atoms with Crippen LogP contribution in [-0.4, -0.2) is 17.2 Å². The molecule has 4 heteroatoms. The number of alkyl halides is 1. The van der Waals surface area contributed by atoms with Gasteiger partial charge in [-0.1, -0.05) is 74.0 Å². The van der Waals surface area contributed by atoms with Crippen molar-refractivity contribution in [3.63, 3.8) is 0 Å². The summed E-state index contributed by atoms with van der Waals surface area (Å²) >= 11 is 5.50. The lowest BCUT2D eigenvalue weighted by Crippen LogP contribution is -2.19. The van der Waals surface area contributed by atoms with Crippen LogP contribution in [-0.2, 0) is 6.42 Å². The molecule has 0 aliphatic carbocycles. The number of ether oxygens (including phenoxy) is 1. The molecule has 0 radical (unpaired) electrons. The number of carbonyl (C=O) groups excluding carboxylic acids is 1. The van der Waals surface area contributed by atoms with Gasteiger partial charge < -0.3 is 4.74 Å². The highest BCUT2D eigenvalue weighted by Gasteiger charge is 2.22. The van der Waals surface area contributed by atoms with E-state index in [1.165, 1.54) is 0 Å². The van der Waals surface area contributed by atoms with Gasteiger partial charge in [0.25, 0.3) is 0 Å². The monoisotopic (exact) mass is 472 g/mol. The molecule has 0 fully saturated rings. The lowest BCUT2D eigenvalue weighted by Gasteiger charge is -2.22. The molecule has 1 heterocycles. The molecule has 1 aromatic heterocycles. The molecule has 154 valence electrons. The van der Waals surface area contributed by atoms with E-state index >= 15 is 0 Å². The molecular weight excluding hydrogens is 444 g/mol. The van der Waals surface area contributed by atoms with Gasteiger partial charge >= 0.3 is 0 Å². The Morgan fingerprint density at radius 2 is 1.76 bits per heavy atom. The fourth-order valence-corrected chi connectivity index (χ4v) is 5.09. The Kier molecular flexibility index (Phi) is 7.53. The van der Waals surface area contributed by atoms with Crippen molar-refractivity contribution in [2.45, 2.75) is 45.4 Å². The van der Waals surface area contributed by atoms with Crippen LogP contribution in [0.1, 0.15) is 54.9 Å². The predicted octanol–water partition coefficient (Wildman–Crippen LogP) is 7.52. The number of ketones is 1. The number of thiophene rings is 1. The highest BCUT2D eigenvalue weighted by atomic mass is 79.9. The highest BCUT2D eigenvalue weighted by Crippen LogP contribution is 2.35. The number of fused-ring (bicyclic) bond motifs is 1. The Labute approximate surface area is 186 Å². The molecule has 3 aromatic rings. The minimum atomic E-state index is 0.0588. The van der Waals surface area contributed by atoms with Crippen molar-refractivity contribution in [1.29, 1.82) is 0 Å². The highest BCUT2D eigenvalue weighted by molar-refractivity contribution is 9.09. The molecule has 3 rings (SSSR count). The molecule has 2 atom stereocenters. The third-order valence-electron chi connectivity index (χ3n) is 5.36. The van der Waals surface area contributed by atoms with Gasteiger partial charge in [-0.25, -0.2) is 0 Å². The van der Waals surface area contributed by atoms with Gasteiger partial charge in [0.15, 0.2) is 5.78 Å². The molecule has 0 spiro atoms. The minimum Gasteiger partial charge on any atom is -0.493 e. The summed E-state index contributed by atoms with van der Waals surface area (Å²) in [5.74, 6) is 1.82. The van der Waals surface area contributed by atoms with Gasteiger partial charge in [-0.3, -0.25) is 4.79 Å². The number of hydrogen-bond acceptors (Lipinski definition) is 3. The first kappa shape index (κ1) is 22.0. The number of hydrogen-bond donors (Lipinski definition) is 0. The Balaban J connectivity index is 1.83. The van der Waals surface area contributed by atoms with E-state index in [2.05, 4.69) is 49.7 Å². The molecule has 29 heavy (non-hydrogen) atoms. The van der Waals surface area contributed by atoms with Gasteiger partial charge in [0.05, 0.1) is 12.2 Å². The standard InChI is InChI=1S/C25H29BrO2S/c1-5-21-23(19-11-7-9-13-22(19)29-21)25(27)18-10-6-8-12-20(18)28-15-14-17(4)24(26)16(2)3/h6-13,16-17,24H,5,14-15H2,1-4H3. The Hall–Kier alpha value is -1.65. The summed E-state index contributed by atoms with van der Waals surface area (Å²) in [7, 11) is 0.